The van der Waals surface area contributed by atoms with Crippen LogP contribution in [-0.2, 0) is 0 Å². The highest BCUT2D eigenvalue weighted by Crippen LogP contribution is 2.44. The van der Waals surface area contributed by atoms with E-state index in [0.717, 1.165) is 17.7 Å². The first-order valence-electron chi connectivity index (χ1n) is 9.06. The summed E-state index contributed by atoms with van der Waals surface area (Å²) in [6.07, 6.45) is 2.81. The lowest BCUT2D eigenvalue weighted by Crippen LogP contribution is -2.45. The predicted molar refractivity (Wildman–Crippen MR) is 109 cm³/mol. The zero-order chi connectivity index (χ0) is 19.8. The van der Waals surface area contributed by atoms with E-state index in [1.54, 1.807) is 37.6 Å². The zero-order valence-electron chi connectivity index (χ0n) is 16.5. The maximum absolute atomic E-state index is 11.1. The summed E-state index contributed by atoms with van der Waals surface area (Å²) >= 11 is 0. The van der Waals surface area contributed by atoms with Gasteiger partial charge in [-0.1, -0.05) is 13.0 Å². The Morgan fingerprint density at radius 1 is 1.33 bits per heavy atom. The van der Waals surface area contributed by atoms with E-state index in [1.807, 2.05) is 0 Å². The second-order valence-electron chi connectivity index (χ2n) is 7.74. The number of rotatable bonds is 4. The summed E-state index contributed by atoms with van der Waals surface area (Å²) in [5.41, 5.74) is 4.25. The average Bonchev–Trinajstić information content (AvgIpc) is 2.63. The second-order valence-corrected chi connectivity index (χ2v) is 7.74. The van der Waals surface area contributed by atoms with Crippen LogP contribution in [-0.4, -0.2) is 37.0 Å². The van der Waals surface area contributed by atoms with Crippen molar-refractivity contribution in [2.75, 3.05) is 19.1 Å². The van der Waals surface area contributed by atoms with Gasteiger partial charge in [0.1, 0.15) is 5.75 Å². The normalized spacial score (nSPS) is 18.4. The van der Waals surface area contributed by atoms with Crippen LogP contribution in [0.1, 0.15) is 54.6 Å². The number of ether oxygens (including phenoxy) is 1. The van der Waals surface area contributed by atoms with Gasteiger partial charge in [0.05, 0.1) is 18.4 Å². The minimum atomic E-state index is -0.960. The lowest BCUT2D eigenvalue weighted by molar-refractivity contribution is 0.0697. The Balaban J connectivity index is 2.01. The van der Waals surface area contributed by atoms with Crippen molar-refractivity contribution in [3.63, 3.8) is 0 Å². The average molecular weight is 366 g/mol. The molecule has 0 spiro atoms. The molecule has 1 heterocycles. The van der Waals surface area contributed by atoms with E-state index < -0.39 is 5.97 Å². The van der Waals surface area contributed by atoms with Crippen molar-refractivity contribution in [1.82, 2.24) is 0 Å². The number of aliphatic imine (C=N–C) groups is 1. The topological polar surface area (TPSA) is 62.1 Å². The molecule has 1 aliphatic heterocycles. The molecule has 0 fully saturated rings. The fraction of sp³-hybridized carbons (Fsp3) is 0.364. The molecule has 1 unspecified atom stereocenters. The summed E-state index contributed by atoms with van der Waals surface area (Å²) < 4.78 is 5.60. The highest BCUT2D eigenvalue weighted by Gasteiger charge is 2.34. The molecule has 0 aliphatic carbocycles. The van der Waals surface area contributed by atoms with Crippen LogP contribution in [0.15, 0.2) is 41.4 Å². The molecule has 0 bridgehead atoms. The van der Waals surface area contributed by atoms with Gasteiger partial charge in [0, 0.05) is 36.1 Å². The number of fused-ring (bicyclic) bond motifs is 1. The molecular formula is C22H26N2O3. The molecule has 5 heteroatoms. The number of aromatic carboxylic acids is 1. The second kappa shape index (κ2) is 7.06. The van der Waals surface area contributed by atoms with Gasteiger partial charge in [-0.3, -0.25) is 4.99 Å². The number of hydrogen-bond donors (Lipinski definition) is 1. The number of anilines is 1. The Bertz CT molecular complexity index is 902. The van der Waals surface area contributed by atoms with Gasteiger partial charge in [0.15, 0.2) is 0 Å². The van der Waals surface area contributed by atoms with Gasteiger partial charge in [-0.2, -0.15) is 0 Å². The Labute approximate surface area is 160 Å². The highest BCUT2D eigenvalue weighted by atomic mass is 16.5. The fourth-order valence-corrected chi connectivity index (χ4v) is 3.75. The Kier molecular flexibility index (Phi) is 4.96. The number of carbonyl (C=O) groups is 1. The van der Waals surface area contributed by atoms with Gasteiger partial charge in [-0.15, -0.1) is 0 Å². The van der Waals surface area contributed by atoms with Gasteiger partial charge in [0.25, 0.3) is 0 Å². The van der Waals surface area contributed by atoms with Crippen LogP contribution >= 0.6 is 0 Å². The molecule has 142 valence electrons. The lowest BCUT2D eigenvalue weighted by atomic mass is 9.80. The van der Waals surface area contributed by atoms with Crippen molar-refractivity contribution in [2.45, 2.75) is 38.6 Å². The van der Waals surface area contributed by atoms with Crippen molar-refractivity contribution < 1.29 is 14.6 Å². The number of benzene rings is 2. The van der Waals surface area contributed by atoms with E-state index in [9.17, 15) is 4.79 Å². The Morgan fingerprint density at radius 2 is 2.07 bits per heavy atom. The summed E-state index contributed by atoms with van der Waals surface area (Å²) in [7, 11) is 3.77. The van der Waals surface area contributed by atoms with E-state index >= 15 is 0 Å². The first-order valence-corrected chi connectivity index (χ1v) is 9.06. The maximum atomic E-state index is 11.1. The van der Waals surface area contributed by atoms with Crippen molar-refractivity contribution in [2.24, 2.45) is 4.99 Å². The van der Waals surface area contributed by atoms with Crippen molar-refractivity contribution in [3.05, 3.63) is 53.1 Å². The molecule has 1 aliphatic rings. The highest BCUT2D eigenvalue weighted by molar-refractivity contribution is 5.90. The third-order valence-electron chi connectivity index (χ3n) is 5.43. The van der Waals surface area contributed by atoms with Crippen LogP contribution in [0.3, 0.4) is 0 Å². The van der Waals surface area contributed by atoms with Gasteiger partial charge in [-0.05, 0) is 56.0 Å². The summed E-state index contributed by atoms with van der Waals surface area (Å²) in [5, 5.41) is 9.13. The molecule has 0 saturated carbocycles. The van der Waals surface area contributed by atoms with Gasteiger partial charge < -0.3 is 14.7 Å². The quantitative estimate of drug-likeness (QED) is 0.785. The Morgan fingerprint density at radius 3 is 2.74 bits per heavy atom. The molecule has 0 amide bonds. The number of methoxy groups -OCH3 is 1. The van der Waals surface area contributed by atoms with Crippen LogP contribution in [0.25, 0.3) is 0 Å². The standard InChI is InChI=1S/C22H26N2O3/c1-14-12-22(2,3)24(4)19-11-20(27-5)16(10-18(14)19)13-23-17-8-6-7-15(9-17)21(25)26/h6-11,13-14H,12H2,1-5H3,(H,25,26). The summed E-state index contributed by atoms with van der Waals surface area (Å²) in [6.45, 7) is 6.75. The first kappa shape index (κ1) is 19.0. The van der Waals surface area contributed by atoms with E-state index in [1.165, 1.54) is 11.3 Å². The molecule has 27 heavy (non-hydrogen) atoms. The smallest absolute Gasteiger partial charge is 0.335 e. The fourth-order valence-electron chi connectivity index (χ4n) is 3.75. The monoisotopic (exact) mass is 366 g/mol. The van der Waals surface area contributed by atoms with Gasteiger partial charge >= 0.3 is 5.97 Å². The number of carboxylic acids is 1. The van der Waals surface area contributed by atoms with Crippen molar-refractivity contribution in [1.29, 1.82) is 0 Å². The molecule has 5 nitrogen and oxygen atoms in total. The van der Waals surface area contributed by atoms with E-state index in [2.05, 4.69) is 49.8 Å². The maximum Gasteiger partial charge on any atom is 0.335 e. The summed E-state index contributed by atoms with van der Waals surface area (Å²) in [6, 6.07) is 10.8. The van der Waals surface area contributed by atoms with Crippen molar-refractivity contribution in [3.8, 4) is 5.75 Å². The third kappa shape index (κ3) is 3.68. The minimum Gasteiger partial charge on any atom is -0.496 e. The molecule has 0 saturated heterocycles. The molecule has 2 aromatic rings. The molecular weight excluding hydrogens is 340 g/mol. The third-order valence-corrected chi connectivity index (χ3v) is 5.43. The predicted octanol–water partition coefficient (Wildman–Crippen LogP) is 4.87. The van der Waals surface area contributed by atoms with E-state index in [0.29, 0.717) is 11.6 Å². The number of hydrogen-bond acceptors (Lipinski definition) is 4. The van der Waals surface area contributed by atoms with Crippen molar-refractivity contribution >= 4 is 23.6 Å². The largest absolute Gasteiger partial charge is 0.496 e. The molecule has 3 rings (SSSR count). The minimum absolute atomic E-state index is 0.0876. The number of carboxylic acid groups (broad SMARTS) is 1. The summed E-state index contributed by atoms with van der Waals surface area (Å²) in [5.74, 6) is 0.223. The Hall–Kier alpha value is -2.82. The number of nitrogens with zero attached hydrogens (tertiary/aromatic N) is 2. The van der Waals surface area contributed by atoms with E-state index in [4.69, 9.17) is 9.84 Å². The SMILES string of the molecule is COc1cc2c(cc1C=Nc1cccc(C(=O)O)c1)C(C)CC(C)(C)N2C. The summed E-state index contributed by atoms with van der Waals surface area (Å²) in [4.78, 5) is 17.9. The van der Waals surface area contributed by atoms with Crippen LogP contribution in [0.2, 0.25) is 0 Å². The van der Waals surface area contributed by atoms with Crippen LogP contribution in [0, 0.1) is 0 Å². The molecule has 2 aromatic carbocycles. The molecule has 1 N–H and O–H groups in total. The zero-order valence-corrected chi connectivity index (χ0v) is 16.5. The molecule has 0 radical (unpaired) electrons. The molecule has 0 aromatic heterocycles. The van der Waals surface area contributed by atoms with E-state index in [-0.39, 0.29) is 11.1 Å². The van der Waals surface area contributed by atoms with Gasteiger partial charge in [-0.25, -0.2) is 4.79 Å². The van der Waals surface area contributed by atoms with Crippen LogP contribution in [0.4, 0.5) is 11.4 Å². The lowest BCUT2D eigenvalue weighted by Gasteiger charge is -2.45. The van der Waals surface area contributed by atoms with Gasteiger partial charge in [0.2, 0.25) is 0 Å². The van der Waals surface area contributed by atoms with Crippen LogP contribution in [0.5, 0.6) is 5.75 Å². The molecule has 1 atom stereocenters. The van der Waals surface area contributed by atoms with Crippen LogP contribution < -0.4 is 9.64 Å². The first-order chi connectivity index (χ1) is 12.7.